The number of halogens is 2. The first-order valence-electron chi connectivity index (χ1n) is 8.96. The minimum absolute atomic E-state index is 0.171. The number of rotatable bonds is 3. The Morgan fingerprint density at radius 3 is 2.55 bits per heavy atom. The number of aromatic amines is 1. The zero-order chi connectivity index (χ0) is 20.0. The monoisotopic (exact) mass is 388 g/mol. The van der Waals surface area contributed by atoms with Crippen molar-refractivity contribution in [1.82, 2.24) is 19.7 Å². The van der Waals surface area contributed by atoms with Gasteiger partial charge in [0.15, 0.2) is 0 Å². The Balaban J connectivity index is 1.59. The normalized spacial score (nSPS) is 11.4. The predicted molar refractivity (Wildman–Crippen MR) is 107 cm³/mol. The Kier molecular flexibility index (Phi) is 3.94. The summed E-state index contributed by atoms with van der Waals surface area (Å²) in [5.74, 6) is -1.42. The molecule has 0 saturated carbocycles. The highest BCUT2D eigenvalue weighted by molar-refractivity contribution is 5.83. The molecule has 0 radical (unpaired) electrons. The summed E-state index contributed by atoms with van der Waals surface area (Å²) in [7, 11) is 0. The summed E-state index contributed by atoms with van der Waals surface area (Å²) in [4.78, 5) is 16.4. The van der Waals surface area contributed by atoms with Crippen molar-refractivity contribution in [2.45, 2.75) is 6.54 Å². The lowest BCUT2D eigenvalue weighted by Crippen LogP contribution is -2.22. The van der Waals surface area contributed by atoms with Gasteiger partial charge in [0, 0.05) is 10.9 Å². The van der Waals surface area contributed by atoms with Crippen LogP contribution >= 0.6 is 0 Å². The summed E-state index contributed by atoms with van der Waals surface area (Å²) in [5.41, 5.74) is 2.36. The minimum atomic E-state index is -0.711. The summed E-state index contributed by atoms with van der Waals surface area (Å²) in [6, 6.07) is 15.0. The van der Waals surface area contributed by atoms with Gasteiger partial charge in [0.05, 0.1) is 35.5 Å². The van der Waals surface area contributed by atoms with E-state index in [0.717, 1.165) is 17.1 Å². The van der Waals surface area contributed by atoms with Crippen molar-refractivity contribution < 1.29 is 8.78 Å². The van der Waals surface area contributed by atoms with Crippen LogP contribution in [0.3, 0.4) is 0 Å². The fraction of sp³-hybridized carbons (Fsp3) is 0.0455. The highest BCUT2D eigenvalue weighted by Crippen LogP contribution is 2.27. The highest BCUT2D eigenvalue weighted by atomic mass is 19.1. The van der Waals surface area contributed by atoms with Gasteiger partial charge in [-0.25, -0.2) is 13.8 Å². The quantitative estimate of drug-likeness (QED) is 0.502. The van der Waals surface area contributed by atoms with Gasteiger partial charge in [0.25, 0.3) is 5.56 Å². The number of nitrogens with zero attached hydrogens (tertiary/aromatic N) is 3. The second-order valence-corrected chi connectivity index (χ2v) is 6.76. The lowest BCUT2D eigenvalue weighted by Gasteiger charge is -2.12. The molecule has 2 aromatic heterocycles. The van der Waals surface area contributed by atoms with Crippen LogP contribution in [0.5, 0.6) is 0 Å². The molecule has 3 aromatic carbocycles. The number of hydrogen-bond donors (Lipinski definition) is 1. The fourth-order valence-electron chi connectivity index (χ4n) is 3.47. The summed E-state index contributed by atoms with van der Waals surface area (Å²) >= 11 is 0. The molecular formula is C22H14F2N4O. The first-order chi connectivity index (χ1) is 14.1. The Bertz CT molecular complexity index is 1420. The van der Waals surface area contributed by atoms with Crippen molar-refractivity contribution in [3.05, 3.63) is 94.5 Å². The van der Waals surface area contributed by atoms with Crippen molar-refractivity contribution in [1.29, 1.82) is 0 Å². The standard InChI is InChI=1S/C22H14F2N4O/c23-17-7-15(13-5-6-14-10-26-27-20(14)9-13)8-18(24)16(17)12-28-21-4-2-1-3-19(21)25-11-22(28)29/h1-11H,12H2,(H,26,27). The van der Waals surface area contributed by atoms with Crippen LogP contribution in [0.2, 0.25) is 0 Å². The minimum Gasteiger partial charge on any atom is -0.301 e. The van der Waals surface area contributed by atoms with Crippen LogP contribution in [0, 0.1) is 11.6 Å². The van der Waals surface area contributed by atoms with E-state index < -0.39 is 17.2 Å². The third-order valence-electron chi connectivity index (χ3n) is 4.99. The van der Waals surface area contributed by atoms with Crippen molar-refractivity contribution in [2.24, 2.45) is 0 Å². The fourth-order valence-corrected chi connectivity index (χ4v) is 3.47. The number of benzene rings is 3. The average Bonchev–Trinajstić information content (AvgIpc) is 3.19. The molecule has 0 fully saturated rings. The van der Waals surface area contributed by atoms with E-state index in [1.165, 1.54) is 16.7 Å². The van der Waals surface area contributed by atoms with E-state index in [2.05, 4.69) is 15.2 Å². The molecule has 0 bridgehead atoms. The van der Waals surface area contributed by atoms with E-state index in [9.17, 15) is 13.6 Å². The van der Waals surface area contributed by atoms with Gasteiger partial charge in [-0.2, -0.15) is 5.10 Å². The van der Waals surface area contributed by atoms with Gasteiger partial charge >= 0.3 is 0 Å². The molecule has 0 amide bonds. The topological polar surface area (TPSA) is 63.6 Å². The summed E-state index contributed by atoms with van der Waals surface area (Å²) in [6.07, 6.45) is 2.84. The van der Waals surface area contributed by atoms with Gasteiger partial charge in [0.2, 0.25) is 0 Å². The molecule has 0 saturated heterocycles. The number of aromatic nitrogens is 4. The van der Waals surface area contributed by atoms with E-state index in [0.29, 0.717) is 22.2 Å². The third-order valence-corrected chi connectivity index (χ3v) is 4.99. The van der Waals surface area contributed by atoms with E-state index in [1.807, 2.05) is 6.07 Å². The smallest absolute Gasteiger partial charge is 0.269 e. The van der Waals surface area contributed by atoms with Gasteiger partial charge in [0.1, 0.15) is 11.6 Å². The van der Waals surface area contributed by atoms with Crippen molar-refractivity contribution >= 4 is 21.9 Å². The number of para-hydroxylation sites is 2. The molecule has 7 heteroatoms. The molecular weight excluding hydrogens is 374 g/mol. The van der Waals surface area contributed by atoms with Crippen molar-refractivity contribution in [3.63, 3.8) is 0 Å². The molecule has 0 aliphatic carbocycles. The summed E-state index contributed by atoms with van der Waals surface area (Å²) in [5, 5.41) is 7.71. The van der Waals surface area contributed by atoms with Gasteiger partial charge < -0.3 is 4.57 Å². The number of nitrogens with one attached hydrogen (secondary N) is 1. The molecule has 0 aliphatic rings. The van der Waals surface area contributed by atoms with Gasteiger partial charge in [-0.05, 0) is 41.5 Å². The van der Waals surface area contributed by atoms with Crippen LogP contribution in [-0.4, -0.2) is 19.7 Å². The van der Waals surface area contributed by atoms with Crippen LogP contribution in [0.25, 0.3) is 33.1 Å². The van der Waals surface area contributed by atoms with E-state index in [-0.39, 0.29) is 12.1 Å². The van der Waals surface area contributed by atoms with E-state index in [4.69, 9.17) is 0 Å². The van der Waals surface area contributed by atoms with Gasteiger partial charge in [-0.15, -0.1) is 0 Å². The van der Waals surface area contributed by atoms with Crippen LogP contribution in [0.15, 0.2) is 71.8 Å². The van der Waals surface area contributed by atoms with Gasteiger partial charge in [-0.3, -0.25) is 9.89 Å². The van der Waals surface area contributed by atoms with E-state index >= 15 is 0 Å². The second-order valence-electron chi connectivity index (χ2n) is 6.76. The first-order valence-corrected chi connectivity index (χ1v) is 8.96. The Hall–Kier alpha value is -3.87. The molecule has 0 unspecified atom stereocenters. The molecule has 5 aromatic rings. The number of hydrogen-bond acceptors (Lipinski definition) is 3. The number of H-pyrrole nitrogens is 1. The zero-order valence-electron chi connectivity index (χ0n) is 15.1. The summed E-state index contributed by atoms with van der Waals surface area (Å²) < 4.78 is 31.1. The number of fused-ring (bicyclic) bond motifs is 2. The molecule has 0 aliphatic heterocycles. The average molecular weight is 388 g/mol. The maximum absolute atomic E-state index is 14.9. The van der Waals surface area contributed by atoms with Gasteiger partial charge in [-0.1, -0.05) is 24.3 Å². The van der Waals surface area contributed by atoms with Crippen LogP contribution in [0.4, 0.5) is 8.78 Å². The Morgan fingerprint density at radius 1 is 0.931 bits per heavy atom. The largest absolute Gasteiger partial charge is 0.301 e. The molecule has 5 rings (SSSR count). The van der Waals surface area contributed by atoms with E-state index in [1.54, 1.807) is 42.6 Å². The maximum Gasteiger partial charge on any atom is 0.269 e. The molecule has 29 heavy (non-hydrogen) atoms. The molecule has 5 nitrogen and oxygen atoms in total. The van der Waals surface area contributed by atoms with Crippen LogP contribution in [-0.2, 0) is 6.54 Å². The highest BCUT2D eigenvalue weighted by Gasteiger charge is 2.15. The lowest BCUT2D eigenvalue weighted by molar-refractivity contribution is 0.545. The SMILES string of the molecule is O=c1cnc2ccccc2n1Cc1c(F)cc(-c2ccc3cn[nH]c3c2)cc1F. The van der Waals surface area contributed by atoms with Crippen LogP contribution < -0.4 is 5.56 Å². The maximum atomic E-state index is 14.9. The molecule has 0 atom stereocenters. The third kappa shape index (κ3) is 2.97. The Morgan fingerprint density at radius 2 is 1.72 bits per heavy atom. The first kappa shape index (κ1) is 17.2. The molecule has 0 spiro atoms. The lowest BCUT2D eigenvalue weighted by atomic mass is 10.0. The molecule has 2 heterocycles. The molecule has 142 valence electrons. The van der Waals surface area contributed by atoms with Crippen molar-refractivity contribution in [3.8, 4) is 11.1 Å². The molecule has 1 N–H and O–H groups in total. The Labute approximate surface area is 163 Å². The predicted octanol–water partition coefficient (Wildman–Crippen LogP) is 4.27. The summed E-state index contributed by atoms with van der Waals surface area (Å²) in [6.45, 7) is -0.223. The second kappa shape index (κ2) is 6.63. The van der Waals surface area contributed by atoms with Crippen LogP contribution in [0.1, 0.15) is 5.56 Å². The van der Waals surface area contributed by atoms with Crippen molar-refractivity contribution in [2.75, 3.05) is 0 Å². The zero-order valence-corrected chi connectivity index (χ0v) is 15.1.